The summed E-state index contributed by atoms with van der Waals surface area (Å²) in [5, 5.41) is 13.5. The summed E-state index contributed by atoms with van der Waals surface area (Å²) >= 11 is 0. The molecule has 1 aliphatic carbocycles. The number of fused-ring (bicyclic) bond motifs is 1. The lowest BCUT2D eigenvalue weighted by atomic mass is 9.70. The molecule has 0 aliphatic heterocycles. The van der Waals surface area contributed by atoms with Gasteiger partial charge in [0.25, 0.3) is 0 Å². The van der Waals surface area contributed by atoms with Crippen LogP contribution in [0.5, 0.6) is 0 Å². The Bertz CT molecular complexity index is 1050. The Morgan fingerprint density at radius 3 is 2.52 bits per heavy atom. The second-order valence-corrected chi connectivity index (χ2v) is 8.40. The third kappa shape index (κ3) is 5.23. The van der Waals surface area contributed by atoms with Crippen molar-refractivity contribution in [2.24, 2.45) is 17.6 Å². The van der Waals surface area contributed by atoms with E-state index < -0.39 is 6.09 Å². The molecule has 5 nitrogen and oxygen atoms in total. The van der Waals surface area contributed by atoms with Crippen molar-refractivity contribution < 1.29 is 9.53 Å². The molecule has 31 heavy (non-hydrogen) atoms. The van der Waals surface area contributed by atoms with E-state index in [1.54, 1.807) is 0 Å². The molecule has 4 rings (SSSR count). The number of carbonyl (C=O) groups is 1. The number of hydrogen-bond donors (Lipinski definition) is 3. The number of amidine groups is 1. The smallest absolute Gasteiger partial charge is 0.407 e. The van der Waals surface area contributed by atoms with E-state index in [-0.39, 0.29) is 30.2 Å². The van der Waals surface area contributed by atoms with Crippen molar-refractivity contribution in [3.8, 4) is 0 Å². The molecule has 0 spiro atoms. The minimum atomic E-state index is -0.403. The molecule has 1 amide bonds. The van der Waals surface area contributed by atoms with Gasteiger partial charge in [-0.05, 0) is 53.0 Å². The van der Waals surface area contributed by atoms with Crippen molar-refractivity contribution in [3.05, 3.63) is 83.9 Å². The summed E-state index contributed by atoms with van der Waals surface area (Å²) in [6.07, 6.45) is 2.33. The zero-order valence-electron chi connectivity index (χ0n) is 17.6. The zero-order valence-corrected chi connectivity index (χ0v) is 17.6. The maximum Gasteiger partial charge on any atom is 0.407 e. The van der Waals surface area contributed by atoms with Crippen molar-refractivity contribution in [3.63, 3.8) is 0 Å². The number of hydrogen-bond acceptors (Lipinski definition) is 3. The fourth-order valence-corrected chi connectivity index (χ4v) is 4.63. The number of benzene rings is 3. The van der Waals surface area contributed by atoms with Gasteiger partial charge in [-0.25, -0.2) is 4.79 Å². The van der Waals surface area contributed by atoms with Gasteiger partial charge in [0, 0.05) is 12.5 Å². The van der Waals surface area contributed by atoms with E-state index in [4.69, 9.17) is 15.9 Å². The molecule has 0 aromatic heterocycles. The number of carbonyl (C=O) groups excluding carboxylic acids is 1. The first-order chi connectivity index (χ1) is 15.1. The number of ether oxygens (including phenoxy) is 1. The van der Waals surface area contributed by atoms with Gasteiger partial charge in [-0.2, -0.15) is 0 Å². The lowest BCUT2D eigenvalue weighted by Gasteiger charge is -2.36. The molecule has 0 bridgehead atoms. The van der Waals surface area contributed by atoms with Crippen LogP contribution in [0, 0.1) is 17.2 Å². The highest BCUT2D eigenvalue weighted by atomic mass is 16.5. The summed E-state index contributed by atoms with van der Waals surface area (Å²) in [5.74, 6) is 0.745. The fraction of sp³-hybridized carbons (Fsp3) is 0.308. The van der Waals surface area contributed by atoms with E-state index >= 15 is 0 Å². The third-order valence-electron chi connectivity index (χ3n) is 6.31. The minimum absolute atomic E-state index is 0.0120. The number of rotatable bonds is 6. The Labute approximate surface area is 183 Å². The number of nitrogens with two attached hydrogens (primary N) is 1. The first-order valence-electron chi connectivity index (χ1n) is 10.9. The van der Waals surface area contributed by atoms with E-state index in [0.717, 1.165) is 24.8 Å². The normalized spacial score (nSPS) is 20.8. The predicted molar refractivity (Wildman–Crippen MR) is 124 cm³/mol. The molecule has 0 saturated heterocycles. The van der Waals surface area contributed by atoms with Gasteiger partial charge in [0.15, 0.2) is 0 Å². The van der Waals surface area contributed by atoms with Crippen LogP contribution in [-0.4, -0.2) is 18.5 Å². The van der Waals surface area contributed by atoms with Crippen LogP contribution in [0.25, 0.3) is 10.8 Å². The quantitative estimate of drug-likeness (QED) is 0.382. The molecule has 1 saturated carbocycles. The Kier molecular flexibility index (Phi) is 6.51. The summed E-state index contributed by atoms with van der Waals surface area (Å²) in [7, 11) is 0. The molecule has 1 fully saturated rings. The summed E-state index contributed by atoms with van der Waals surface area (Å²) in [4.78, 5) is 12.1. The van der Waals surface area contributed by atoms with Crippen molar-refractivity contribution in [2.75, 3.05) is 6.54 Å². The van der Waals surface area contributed by atoms with Crippen LogP contribution in [0.4, 0.5) is 4.79 Å². The van der Waals surface area contributed by atoms with Gasteiger partial charge in [0.1, 0.15) is 6.61 Å². The largest absolute Gasteiger partial charge is 0.445 e. The average molecular weight is 416 g/mol. The molecule has 0 radical (unpaired) electrons. The van der Waals surface area contributed by atoms with Gasteiger partial charge in [0.2, 0.25) is 0 Å². The maximum atomic E-state index is 12.1. The number of alkyl carbamates (subject to hydrolysis) is 1. The van der Waals surface area contributed by atoms with Gasteiger partial charge in [-0.3, -0.25) is 5.41 Å². The molecule has 3 aromatic carbocycles. The standard InChI is InChI=1S/C26H29N3O2/c27-25(28)24-14-19(16-29-26(30)31-17-18-6-2-1-3-7-18)10-13-23(24)22-12-11-20-8-4-5-9-21(20)15-22/h1-9,11-12,15,19,23-24H,10,13-14,16-17H2,(H3,27,28)(H,29,30). The summed E-state index contributed by atoms with van der Waals surface area (Å²) in [6.45, 7) is 0.805. The molecule has 5 heteroatoms. The van der Waals surface area contributed by atoms with Crippen molar-refractivity contribution in [2.45, 2.75) is 31.8 Å². The van der Waals surface area contributed by atoms with Gasteiger partial charge < -0.3 is 15.8 Å². The number of nitrogens with one attached hydrogen (secondary N) is 2. The summed E-state index contributed by atoms with van der Waals surface area (Å²) in [6, 6.07) is 24.5. The average Bonchev–Trinajstić information content (AvgIpc) is 2.81. The molecule has 3 aromatic rings. The Morgan fingerprint density at radius 2 is 1.74 bits per heavy atom. The molecule has 1 aliphatic rings. The molecular weight excluding hydrogens is 386 g/mol. The van der Waals surface area contributed by atoms with Gasteiger partial charge in [0.05, 0.1) is 5.84 Å². The van der Waals surface area contributed by atoms with Crippen LogP contribution in [0.2, 0.25) is 0 Å². The van der Waals surface area contributed by atoms with Crippen LogP contribution in [0.3, 0.4) is 0 Å². The van der Waals surface area contributed by atoms with Crippen LogP contribution >= 0.6 is 0 Å². The van der Waals surface area contributed by atoms with E-state index in [1.807, 2.05) is 42.5 Å². The van der Waals surface area contributed by atoms with E-state index in [9.17, 15) is 4.79 Å². The lowest BCUT2D eigenvalue weighted by molar-refractivity contribution is 0.136. The first kappa shape index (κ1) is 20.9. The predicted octanol–water partition coefficient (Wildman–Crippen LogP) is 5.20. The Balaban J connectivity index is 1.34. The molecule has 160 valence electrons. The Morgan fingerprint density at radius 1 is 1.00 bits per heavy atom. The zero-order chi connectivity index (χ0) is 21.6. The monoisotopic (exact) mass is 415 g/mol. The van der Waals surface area contributed by atoms with Gasteiger partial charge >= 0.3 is 6.09 Å². The second kappa shape index (κ2) is 9.65. The van der Waals surface area contributed by atoms with E-state index in [1.165, 1.54) is 16.3 Å². The summed E-state index contributed by atoms with van der Waals surface area (Å²) in [5.41, 5.74) is 8.22. The van der Waals surface area contributed by atoms with Crippen LogP contribution < -0.4 is 11.1 Å². The molecule has 4 N–H and O–H groups in total. The maximum absolute atomic E-state index is 12.1. The molecule has 0 heterocycles. The molecular formula is C26H29N3O2. The van der Waals surface area contributed by atoms with Crippen LogP contribution in [-0.2, 0) is 11.3 Å². The fourth-order valence-electron chi connectivity index (χ4n) is 4.63. The lowest BCUT2D eigenvalue weighted by Crippen LogP contribution is -2.38. The first-order valence-corrected chi connectivity index (χ1v) is 10.9. The second-order valence-electron chi connectivity index (χ2n) is 8.40. The molecule has 3 atom stereocenters. The van der Waals surface area contributed by atoms with E-state index in [0.29, 0.717) is 6.54 Å². The highest BCUT2D eigenvalue weighted by molar-refractivity contribution is 5.84. The summed E-state index contributed by atoms with van der Waals surface area (Å²) < 4.78 is 5.31. The Hall–Kier alpha value is -3.34. The van der Waals surface area contributed by atoms with Crippen molar-refractivity contribution in [1.29, 1.82) is 5.41 Å². The van der Waals surface area contributed by atoms with Crippen molar-refractivity contribution in [1.82, 2.24) is 5.32 Å². The van der Waals surface area contributed by atoms with Crippen LogP contribution in [0.1, 0.15) is 36.3 Å². The highest BCUT2D eigenvalue weighted by Crippen LogP contribution is 2.41. The van der Waals surface area contributed by atoms with Gasteiger partial charge in [-0.15, -0.1) is 0 Å². The SMILES string of the molecule is N=C(N)C1CC(CNC(=O)OCc2ccccc2)CCC1c1ccc2ccccc2c1. The molecule has 3 unspecified atom stereocenters. The topological polar surface area (TPSA) is 88.2 Å². The van der Waals surface area contributed by atoms with Crippen LogP contribution in [0.15, 0.2) is 72.8 Å². The van der Waals surface area contributed by atoms with Crippen molar-refractivity contribution >= 4 is 22.7 Å². The van der Waals surface area contributed by atoms with E-state index in [2.05, 4.69) is 35.6 Å². The highest BCUT2D eigenvalue weighted by Gasteiger charge is 2.33. The van der Waals surface area contributed by atoms with Gasteiger partial charge in [-0.1, -0.05) is 72.8 Å². The number of amides is 1. The minimum Gasteiger partial charge on any atom is -0.445 e. The third-order valence-corrected chi connectivity index (χ3v) is 6.31.